The van der Waals surface area contributed by atoms with Crippen LogP contribution in [0.3, 0.4) is 0 Å². The highest BCUT2D eigenvalue weighted by atomic mass is 32.1. The fourth-order valence-corrected chi connectivity index (χ4v) is 2.70. The van der Waals surface area contributed by atoms with Crippen LogP contribution in [0.5, 0.6) is 11.6 Å². The number of pyridine rings is 2. The van der Waals surface area contributed by atoms with E-state index in [0.717, 1.165) is 30.7 Å². The number of aryl methyl sites for hydroxylation is 3. The van der Waals surface area contributed by atoms with E-state index in [0.29, 0.717) is 22.2 Å². The molecule has 21 heavy (non-hydrogen) atoms. The summed E-state index contributed by atoms with van der Waals surface area (Å²) in [7, 11) is 0. The summed E-state index contributed by atoms with van der Waals surface area (Å²) in [5, 5.41) is 0. The second-order valence-corrected chi connectivity index (χ2v) is 5.65. The van der Waals surface area contributed by atoms with Gasteiger partial charge in [-0.1, -0.05) is 12.2 Å². The van der Waals surface area contributed by atoms with Crippen LogP contribution in [0, 0.1) is 6.92 Å². The Hall–Kier alpha value is -2.01. The maximum absolute atomic E-state index is 5.93. The Morgan fingerprint density at radius 2 is 2.14 bits per heavy atom. The van der Waals surface area contributed by atoms with Crippen molar-refractivity contribution in [2.75, 3.05) is 0 Å². The van der Waals surface area contributed by atoms with Gasteiger partial charge in [0.25, 0.3) is 0 Å². The van der Waals surface area contributed by atoms with E-state index < -0.39 is 0 Å². The third-order valence-electron chi connectivity index (χ3n) is 3.70. The molecule has 0 atom stereocenters. The summed E-state index contributed by atoms with van der Waals surface area (Å²) in [6, 6.07) is 5.73. The standard InChI is InChI=1S/C16H17N3OS/c1-10-14(7-4-8-18-10)20-16-12(15(17)21)9-11-5-2-3-6-13(11)19-16/h4,7-9H,2-3,5-6H2,1H3,(H2,17,21). The van der Waals surface area contributed by atoms with Crippen molar-refractivity contribution in [1.29, 1.82) is 0 Å². The second kappa shape index (κ2) is 5.77. The molecule has 1 aliphatic carbocycles. The maximum Gasteiger partial charge on any atom is 0.229 e. The van der Waals surface area contributed by atoms with E-state index in [9.17, 15) is 0 Å². The average molecular weight is 299 g/mol. The van der Waals surface area contributed by atoms with Gasteiger partial charge in [-0.15, -0.1) is 0 Å². The van der Waals surface area contributed by atoms with E-state index in [2.05, 4.69) is 9.97 Å². The fraction of sp³-hybridized carbons (Fsp3) is 0.312. The number of thiocarbonyl (C=S) groups is 1. The Morgan fingerprint density at radius 1 is 1.33 bits per heavy atom. The molecule has 0 fully saturated rings. The lowest BCUT2D eigenvalue weighted by atomic mass is 9.95. The summed E-state index contributed by atoms with van der Waals surface area (Å²) in [5.74, 6) is 1.16. The minimum Gasteiger partial charge on any atom is -0.436 e. The molecular weight excluding hydrogens is 282 g/mol. The van der Waals surface area contributed by atoms with Crippen LogP contribution in [0.25, 0.3) is 0 Å². The largest absolute Gasteiger partial charge is 0.436 e. The van der Waals surface area contributed by atoms with Gasteiger partial charge < -0.3 is 10.5 Å². The highest BCUT2D eigenvalue weighted by molar-refractivity contribution is 7.80. The molecule has 108 valence electrons. The first-order chi connectivity index (χ1) is 10.1. The minimum absolute atomic E-state index is 0.312. The summed E-state index contributed by atoms with van der Waals surface area (Å²) in [4.78, 5) is 9.19. The van der Waals surface area contributed by atoms with Gasteiger partial charge in [0.05, 0.1) is 11.3 Å². The zero-order valence-corrected chi connectivity index (χ0v) is 12.7. The van der Waals surface area contributed by atoms with Crippen LogP contribution in [-0.4, -0.2) is 15.0 Å². The summed E-state index contributed by atoms with van der Waals surface area (Å²) < 4.78 is 5.93. The lowest BCUT2D eigenvalue weighted by Crippen LogP contribution is -2.15. The molecule has 4 nitrogen and oxygen atoms in total. The topological polar surface area (TPSA) is 61.0 Å². The fourth-order valence-electron chi connectivity index (χ4n) is 2.55. The third-order valence-corrected chi connectivity index (χ3v) is 3.92. The SMILES string of the molecule is Cc1ncccc1Oc1nc2c(cc1C(N)=S)CCCC2. The predicted molar refractivity (Wildman–Crippen MR) is 85.8 cm³/mol. The van der Waals surface area contributed by atoms with Gasteiger partial charge in [-0.2, -0.15) is 0 Å². The van der Waals surface area contributed by atoms with Crippen molar-refractivity contribution in [2.24, 2.45) is 5.73 Å². The zero-order valence-electron chi connectivity index (χ0n) is 11.9. The number of rotatable bonds is 3. The van der Waals surface area contributed by atoms with Crippen molar-refractivity contribution in [1.82, 2.24) is 9.97 Å². The number of fused-ring (bicyclic) bond motifs is 1. The zero-order chi connectivity index (χ0) is 14.8. The molecule has 3 rings (SSSR count). The Bertz CT molecular complexity index is 700. The van der Waals surface area contributed by atoms with E-state index in [-0.39, 0.29) is 0 Å². The Morgan fingerprint density at radius 3 is 2.90 bits per heavy atom. The number of nitrogens with two attached hydrogens (primary N) is 1. The Balaban J connectivity index is 2.04. The lowest BCUT2D eigenvalue weighted by molar-refractivity contribution is 0.451. The van der Waals surface area contributed by atoms with Crippen LogP contribution < -0.4 is 10.5 Å². The van der Waals surface area contributed by atoms with Crippen LogP contribution >= 0.6 is 12.2 Å². The van der Waals surface area contributed by atoms with E-state index in [1.54, 1.807) is 6.20 Å². The summed E-state index contributed by atoms with van der Waals surface area (Å²) in [5.41, 5.74) is 9.68. The molecule has 0 aromatic carbocycles. The molecule has 2 N–H and O–H groups in total. The average Bonchev–Trinajstić information content (AvgIpc) is 2.48. The molecule has 0 radical (unpaired) electrons. The molecule has 5 heteroatoms. The molecule has 0 aliphatic heterocycles. The first-order valence-electron chi connectivity index (χ1n) is 7.07. The van der Waals surface area contributed by atoms with Gasteiger partial charge in [-0.3, -0.25) is 4.98 Å². The van der Waals surface area contributed by atoms with Crippen molar-refractivity contribution in [3.8, 4) is 11.6 Å². The molecule has 0 saturated heterocycles. The van der Waals surface area contributed by atoms with E-state index in [4.69, 9.17) is 22.7 Å². The first kappa shape index (κ1) is 13.9. The quantitative estimate of drug-likeness (QED) is 0.882. The van der Waals surface area contributed by atoms with Crippen molar-refractivity contribution < 1.29 is 4.74 Å². The van der Waals surface area contributed by atoms with Crippen molar-refractivity contribution in [3.63, 3.8) is 0 Å². The highest BCUT2D eigenvalue weighted by Gasteiger charge is 2.18. The normalized spacial score (nSPS) is 13.6. The Labute approximate surface area is 129 Å². The van der Waals surface area contributed by atoms with Crippen LogP contribution in [0.4, 0.5) is 0 Å². The van der Waals surface area contributed by atoms with Crippen LogP contribution in [0.15, 0.2) is 24.4 Å². The molecule has 2 aromatic rings. The molecule has 0 amide bonds. The Kier molecular flexibility index (Phi) is 3.84. The monoisotopic (exact) mass is 299 g/mol. The molecule has 2 aromatic heterocycles. The molecule has 1 aliphatic rings. The van der Waals surface area contributed by atoms with Gasteiger partial charge in [0.2, 0.25) is 5.88 Å². The molecule has 0 bridgehead atoms. The van der Waals surface area contributed by atoms with Crippen molar-refractivity contribution >= 4 is 17.2 Å². The third kappa shape index (κ3) is 2.88. The molecule has 0 unspecified atom stereocenters. The van der Waals surface area contributed by atoms with E-state index >= 15 is 0 Å². The molecule has 0 spiro atoms. The van der Waals surface area contributed by atoms with Gasteiger partial charge in [-0.25, -0.2) is 4.98 Å². The van der Waals surface area contributed by atoms with Gasteiger partial charge in [0.1, 0.15) is 4.99 Å². The van der Waals surface area contributed by atoms with Crippen molar-refractivity contribution in [3.05, 3.63) is 46.9 Å². The van der Waals surface area contributed by atoms with Crippen LogP contribution in [-0.2, 0) is 12.8 Å². The summed E-state index contributed by atoms with van der Waals surface area (Å²) in [6.45, 7) is 1.90. The van der Waals surface area contributed by atoms with Crippen LogP contribution in [0.1, 0.15) is 35.4 Å². The molecular formula is C16H17N3OS. The van der Waals surface area contributed by atoms with Gasteiger partial charge in [0.15, 0.2) is 5.75 Å². The number of ether oxygens (including phenoxy) is 1. The lowest BCUT2D eigenvalue weighted by Gasteiger charge is -2.18. The molecule has 2 heterocycles. The van der Waals surface area contributed by atoms with Crippen molar-refractivity contribution in [2.45, 2.75) is 32.6 Å². The maximum atomic E-state index is 5.93. The first-order valence-corrected chi connectivity index (χ1v) is 7.48. The molecule has 0 saturated carbocycles. The predicted octanol–water partition coefficient (Wildman–Crippen LogP) is 3.09. The summed E-state index contributed by atoms with van der Waals surface area (Å²) in [6.07, 6.45) is 6.10. The van der Waals surface area contributed by atoms with Crippen LogP contribution in [0.2, 0.25) is 0 Å². The second-order valence-electron chi connectivity index (χ2n) is 5.21. The highest BCUT2D eigenvalue weighted by Crippen LogP contribution is 2.29. The number of aromatic nitrogens is 2. The van der Waals surface area contributed by atoms with Gasteiger partial charge in [0, 0.05) is 11.9 Å². The smallest absolute Gasteiger partial charge is 0.229 e. The van der Waals surface area contributed by atoms with E-state index in [1.807, 2.05) is 25.1 Å². The van der Waals surface area contributed by atoms with E-state index in [1.165, 1.54) is 12.0 Å². The number of hydrogen-bond donors (Lipinski definition) is 1. The number of hydrogen-bond acceptors (Lipinski definition) is 4. The number of nitrogens with zero attached hydrogens (tertiary/aromatic N) is 2. The van der Waals surface area contributed by atoms with Gasteiger partial charge in [-0.05, 0) is 56.4 Å². The van der Waals surface area contributed by atoms with Gasteiger partial charge >= 0.3 is 0 Å². The summed E-state index contributed by atoms with van der Waals surface area (Å²) >= 11 is 5.15. The minimum atomic E-state index is 0.312.